The third kappa shape index (κ3) is 14.0. The van der Waals surface area contributed by atoms with E-state index < -0.39 is 70.5 Å². The van der Waals surface area contributed by atoms with E-state index in [-0.39, 0.29) is 67.9 Å². The number of fused-ring (bicyclic) bond motifs is 5. The highest BCUT2D eigenvalue weighted by atomic mass is 32.2. The predicted octanol–water partition coefficient (Wildman–Crippen LogP) is 1.09. The van der Waals surface area contributed by atoms with Crippen LogP contribution in [-0.2, 0) is 35.8 Å². The molecule has 23 heteroatoms. The minimum absolute atomic E-state index is 0.00911. The van der Waals surface area contributed by atoms with Crippen LogP contribution < -0.4 is 56.8 Å². The molecule has 2 aliphatic rings. The number of rotatable bonds is 18. The Hall–Kier alpha value is -7.23. The van der Waals surface area contributed by atoms with Crippen molar-refractivity contribution in [1.82, 2.24) is 40.9 Å². The van der Waals surface area contributed by atoms with Crippen LogP contribution in [0.2, 0.25) is 0 Å². The molecule has 6 rings (SSSR count). The van der Waals surface area contributed by atoms with Gasteiger partial charge in [0.1, 0.15) is 61.2 Å². The van der Waals surface area contributed by atoms with Gasteiger partial charge < -0.3 is 51.8 Å². The van der Waals surface area contributed by atoms with Crippen LogP contribution in [0.3, 0.4) is 0 Å². The molecule has 1 unspecified atom stereocenters. The summed E-state index contributed by atoms with van der Waals surface area (Å²) >= 11 is 0. The molecule has 0 spiro atoms. The molecule has 1 aliphatic heterocycles. The summed E-state index contributed by atoms with van der Waals surface area (Å²) in [5.41, 5.74) is 14.4. The molecule has 3 aromatic carbocycles. The lowest BCUT2D eigenvalue weighted by Crippen LogP contribution is -2.57. The summed E-state index contributed by atoms with van der Waals surface area (Å²) in [5.74, 6) is -2.45. The van der Waals surface area contributed by atoms with Crippen molar-refractivity contribution in [2.45, 2.75) is 89.6 Å². The molecule has 5 amide bonds. The number of ether oxygens (including phenoxy) is 3. The van der Waals surface area contributed by atoms with Crippen LogP contribution in [0.5, 0.6) is 17.2 Å². The molecule has 22 nitrogen and oxygen atoms in total. The second-order valence-corrected chi connectivity index (χ2v) is 18.9. The van der Waals surface area contributed by atoms with E-state index in [1.54, 1.807) is 44.2 Å². The predicted molar refractivity (Wildman–Crippen MR) is 265 cm³/mol. The largest absolute Gasteiger partial charge is 0.492 e. The molecule has 1 saturated carbocycles. The summed E-state index contributed by atoms with van der Waals surface area (Å²) in [7, 11) is -3.19. The fourth-order valence-corrected chi connectivity index (χ4v) is 8.97. The van der Waals surface area contributed by atoms with Gasteiger partial charge in [-0.15, -0.1) is 0 Å². The Labute approximate surface area is 418 Å². The number of nitriles is 1. The zero-order valence-electron chi connectivity index (χ0n) is 40.7. The maximum atomic E-state index is 14.9. The van der Waals surface area contributed by atoms with Gasteiger partial charge in [0.05, 0.1) is 29.1 Å². The van der Waals surface area contributed by atoms with Crippen LogP contribution in [0.15, 0.2) is 60.7 Å². The summed E-state index contributed by atoms with van der Waals surface area (Å²) in [5, 5.41) is 24.9. The molecule has 72 heavy (non-hydrogen) atoms. The molecule has 1 fully saturated rings. The Morgan fingerprint density at radius 2 is 1.51 bits per heavy atom. The van der Waals surface area contributed by atoms with Crippen LogP contribution in [0.4, 0.5) is 0 Å². The van der Waals surface area contributed by atoms with E-state index in [4.69, 9.17) is 30.8 Å². The van der Waals surface area contributed by atoms with Crippen LogP contribution in [0, 0.1) is 25.2 Å². The van der Waals surface area contributed by atoms with E-state index in [2.05, 4.69) is 36.0 Å². The Morgan fingerprint density at radius 3 is 2.12 bits per heavy atom. The van der Waals surface area contributed by atoms with Gasteiger partial charge in [0.15, 0.2) is 5.82 Å². The summed E-state index contributed by atoms with van der Waals surface area (Å²) < 4.78 is 45.0. The van der Waals surface area contributed by atoms with E-state index in [1.165, 1.54) is 26.5 Å². The quantitative estimate of drug-likeness (QED) is 0.0647. The number of nitrogens with one attached hydrogen (secondary N) is 5. The minimum Gasteiger partial charge on any atom is -0.492 e. The minimum atomic E-state index is -4.45. The first-order valence-electron chi connectivity index (χ1n) is 23.6. The number of carbonyl (C=O) groups is 5. The van der Waals surface area contributed by atoms with Crippen molar-refractivity contribution in [3.05, 3.63) is 88.7 Å². The third-order valence-electron chi connectivity index (χ3n) is 12.1. The monoisotopic (exact) mass is 1010 g/mol. The summed E-state index contributed by atoms with van der Waals surface area (Å²) in [6.45, 7) is 3.92. The van der Waals surface area contributed by atoms with Gasteiger partial charge in [0.2, 0.25) is 23.6 Å². The number of likely N-dealkylation sites (N-methyl/N-ethyl adjacent to an activating group) is 1. The molecule has 0 saturated heterocycles. The molecule has 2 heterocycles. The van der Waals surface area contributed by atoms with Crippen LogP contribution in [0.1, 0.15) is 77.9 Å². The zero-order chi connectivity index (χ0) is 52.1. The highest BCUT2D eigenvalue weighted by Crippen LogP contribution is 2.40. The average molecular weight is 1010 g/mol. The van der Waals surface area contributed by atoms with E-state index in [0.29, 0.717) is 39.6 Å². The van der Waals surface area contributed by atoms with Crippen molar-refractivity contribution in [1.29, 1.82) is 5.26 Å². The Balaban J connectivity index is 1.38. The van der Waals surface area contributed by atoms with Crippen molar-refractivity contribution in [3.8, 4) is 45.8 Å². The molecule has 11 N–H and O–H groups in total. The lowest BCUT2D eigenvalue weighted by atomic mass is 9.93. The maximum absolute atomic E-state index is 14.9. The molecule has 4 aromatic rings. The van der Waals surface area contributed by atoms with Gasteiger partial charge in [0.25, 0.3) is 16.1 Å². The Bertz CT molecular complexity index is 2760. The highest BCUT2D eigenvalue weighted by molar-refractivity contribution is 7.87. The number of aryl methyl sites for hydroxylation is 2. The zero-order valence-corrected chi connectivity index (χ0v) is 41.5. The normalized spacial score (nSPS) is 17.7. The fraction of sp³-hybridized carbons (Fsp3) is 0.429. The molecule has 0 radical (unpaired) electrons. The van der Waals surface area contributed by atoms with E-state index in [1.807, 2.05) is 30.3 Å². The molecule has 1 aromatic heterocycles. The number of carbonyl (C=O) groups excluding carboxylic acids is 5. The van der Waals surface area contributed by atoms with Crippen molar-refractivity contribution in [3.63, 3.8) is 0 Å². The summed E-state index contributed by atoms with van der Waals surface area (Å²) in [4.78, 5) is 81.2. The maximum Gasteiger partial charge on any atom is 0.274 e. The number of benzene rings is 3. The standard InChI is InChI=1S/C49H62N12O10S/c1-28-42(29(2)57-44(56-28)32-11-14-35(15-12-32)71-34-8-6-5-7-9-34)47(64)60-39(27-55-72(53,67)68)49(66)61(4)43-33-13-17-41(70-23-20-52)37(26-33)36-24-31(10-16-40(36)69-22-19-51)25-38(46(63)54-21-18-50)59-45(62)30(3)58-48(43)65/h10-17,24,26,30,34,38-39,43,55H,5-9,19-23,25,27,51-52H2,1-4H3,(H,54,63)(H,58,65)(H,59,62)(H,60,64)(H2,53,67,68)/t30-,38-,39?,43-/m0/s1. The van der Waals surface area contributed by atoms with Crippen molar-refractivity contribution in [2.24, 2.45) is 16.6 Å². The second-order valence-electron chi connectivity index (χ2n) is 17.5. The Kier molecular flexibility index (Phi) is 18.6. The van der Waals surface area contributed by atoms with E-state index in [9.17, 15) is 37.7 Å². The van der Waals surface area contributed by atoms with Crippen molar-refractivity contribution < 1.29 is 46.6 Å². The second kappa shape index (κ2) is 24.7. The first kappa shape index (κ1) is 54.1. The van der Waals surface area contributed by atoms with Gasteiger partial charge in [-0.1, -0.05) is 18.6 Å². The van der Waals surface area contributed by atoms with Gasteiger partial charge in [-0.2, -0.15) is 18.4 Å². The molecule has 1 aliphatic carbocycles. The van der Waals surface area contributed by atoms with Gasteiger partial charge >= 0.3 is 0 Å². The van der Waals surface area contributed by atoms with Gasteiger partial charge in [0, 0.05) is 49.8 Å². The molecule has 4 bridgehead atoms. The topological polar surface area (TPSA) is 338 Å². The SMILES string of the molecule is Cc1nc(-c2ccc(OC3CCCCC3)cc2)nc(C)c1C(=O)NC(CNS(N)(=O)=O)C(=O)N(C)[C@@H]1C(=O)N[C@@H](C)C(=O)N[C@H](C(=O)NCC#N)Cc2ccc(OCCN)c(c2)-c2cc1ccc2OCCN. The van der Waals surface area contributed by atoms with Gasteiger partial charge in [-0.3, -0.25) is 24.0 Å². The number of aromatic nitrogens is 2. The first-order chi connectivity index (χ1) is 34.4. The first-order valence-corrected chi connectivity index (χ1v) is 25.1. The van der Waals surface area contributed by atoms with E-state index >= 15 is 0 Å². The molecular weight excluding hydrogens is 949 g/mol. The van der Waals surface area contributed by atoms with Gasteiger partial charge in [-0.25, -0.2) is 15.1 Å². The van der Waals surface area contributed by atoms with Crippen molar-refractivity contribution >= 4 is 39.7 Å². The number of nitrogens with two attached hydrogens (primary N) is 3. The number of hydrogen-bond acceptors (Lipinski definition) is 15. The third-order valence-corrected chi connectivity index (χ3v) is 12.7. The van der Waals surface area contributed by atoms with Crippen LogP contribution in [0.25, 0.3) is 22.5 Å². The number of hydrogen-bond donors (Lipinski definition) is 8. The smallest absolute Gasteiger partial charge is 0.274 e. The van der Waals surface area contributed by atoms with E-state index in [0.717, 1.165) is 36.3 Å². The van der Waals surface area contributed by atoms with Crippen LogP contribution in [-0.4, -0.2) is 123 Å². The molecule has 4 atom stereocenters. The number of amides is 5. The van der Waals surface area contributed by atoms with Crippen LogP contribution >= 0.6 is 0 Å². The molecule has 384 valence electrons. The number of nitrogens with zero attached hydrogens (tertiary/aromatic N) is 4. The highest BCUT2D eigenvalue weighted by Gasteiger charge is 2.37. The summed E-state index contributed by atoms with van der Waals surface area (Å²) in [6.07, 6.45) is 5.58. The Morgan fingerprint density at radius 1 is 0.889 bits per heavy atom. The lowest BCUT2D eigenvalue weighted by molar-refractivity contribution is -0.141. The van der Waals surface area contributed by atoms with Crippen molar-refractivity contribution in [2.75, 3.05) is 46.4 Å². The average Bonchev–Trinajstić information content (AvgIpc) is 3.35. The van der Waals surface area contributed by atoms with Gasteiger partial charge in [-0.05, 0) is 106 Å². The summed E-state index contributed by atoms with van der Waals surface area (Å²) in [6, 6.07) is 13.1. The fourth-order valence-electron chi connectivity index (χ4n) is 8.57. The lowest BCUT2D eigenvalue weighted by Gasteiger charge is -2.32. The molecular formula is C49H62N12O10S.